The summed E-state index contributed by atoms with van der Waals surface area (Å²) in [6.07, 6.45) is 3.44. The Kier molecular flexibility index (Phi) is 3.33. The van der Waals surface area contributed by atoms with E-state index in [1.165, 1.54) is 12.1 Å². The zero-order valence-corrected chi connectivity index (χ0v) is 11.7. The lowest BCUT2D eigenvalue weighted by atomic mass is 9.95. The van der Waals surface area contributed by atoms with Gasteiger partial charge in [-0.1, -0.05) is 23.2 Å². The largest absolute Gasteiger partial charge is 0.396 e. The van der Waals surface area contributed by atoms with Crippen LogP contribution < -0.4 is 11.1 Å². The predicted octanol–water partition coefficient (Wildman–Crippen LogP) is 2.63. The van der Waals surface area contributed by atoms with Crippen molar-refractivity contribution in [1.29, 1.82) is 0 Å². The van der Waals surface area contributed by atoms with Crippen LogP contribution in [0.25, 0.3) is 0 Å². The summed E-state index contributed by atoms with van der Waals surface area (Å²) in [5.41, 5.74) is 6.37. The number of halogens is 2. The van der Waals surface area contributed by atoms with Crippen molar-refractivity contribution in [2.24, 2.45) is 0 Å². The summed E-state index contributed by atoms with van der Waals surface area (Å²) in [6, 6.07) is 3.15. The minimum Gasteiger partial charge on any atom is -0.396 e. The highest BCUT2D eigenvalue weighted by Crippen LogP contribution is 2.34. The van der Waals surface area contributed by atoms with Gasteiger partial charge in [0.1, 0.15) is 0 Å². The topological polar surface area (TPSA) is 64.4 Å². The molecule has 0 spiro atoms. The number of hydrogen-bond donors (Lipinski definition) is 2. The second-order valence-electron chi connectivity index (χ2n) is 5.04. The normalized spacial score (nSPS) is 28.6. The molecule has 3 atom stereocenters. The standard InChI is InChI=1S/C13H14Cl2N2O2/c14-8-3-6(4-9(15)12(8)16)13(18)17-10-5-7-1-2-11(10)19-7/h3-4,7,10-11H,1-2,5,16H2,(H,17,18). The molecule has 3 rings (SSSR count). The quantitative estimate of drug-likeness (QED) is 0.825. The van der Waals surface area contributed by atoms with Crippen molar-refractivity contribution in [2.75, 3.05) is 5.73 Å². The molecule has 2 fully saturated rings. The summed E-state index contributed by atoms with van der Waals surface area (Å²) in [7, 11) is 0. The van der Waals surface area contributed by atoms with Gasteiger partial charge in [0.15, 0.2) is 0 Å². The van der Waals surface area contributed by atoms with Crippen LogP contribution in [-0.4, -0.2) is 24.2 Å². The Hall–Kier alpha value is -0.970. The number of nitrogens with two attached hydrogens (primary N) is 1. The van der Waals surface area contributed by atoms with Crippen molar-refractivity contribution < 1.29 is 9.53 Å². The average molecular weight is 301 g/mol. The van der Waals surface area contributed by atoms with E-state index in [2.05, 4.69) is 5.32 Å². The molecule has 3 N–H and O–H groups in total. The van der Waals surface area contributed by atoms with E-state index in [0.717, 1.165) is 19.3 Å². The molecule has 3 unspecified atom stereocenters. The molecule has 1 aromatic carbocycles. The lowest BCUT2D eigenvalue weighted by Gasteiger charge is -2.20. The molecule has 2 saturated heterocycles. The van der Waals surface area contributed by atoms with Gasteiger partial charge in [0.05, 0.1) is 34.0 Å². The van der Waals surface area contributed by atoms with E-state index in [9.17, 15) is 4.79 Å². The summed E-state index contributed by atoms with van der Waals surface area (Å²) < 4.78 is 5.70. The second kappa shape index (κ2) is 4.85. The van der Waals surface area contributed by atoms with Crippen LogP contribution in [0.2, 0.25) is 10.0 Å². The van der Waals surface area contributed by atoms with Gasteiger partial charge in [-0.2, -0.15) is 0 Å². The number of carbonyl (C=O) groups is 1. The van der Waals surface area contributed by atoms with Crippen LogP contribution in [-0.2, 0) is 4.74 Å². The van der Waals surface area contributed by atoms with Crippen molar-refractivity contribution in [3.63, 3.8) is 0 Å². The Morgan fingerprint density at radius 1 is 1.32 bits per heavy atom. The Morgan fingerprint density at radius 2 is 2.00 bits per heavy atom. The number of hydrogen-bond acceptors (Lipinski definition) is 3. The molecule has 2 bridgehead atoms. The van der Waals surface area contributed by atoms with Crippen LogP contribution in [0.1, 0.15) is 29.6 Å². The molecule has 4 nitrogen and oxygen atoms in total. The average Bonchev–Trinajstić information content (AvgIpc) is 2.97. The summed E-state index contributed by atoms with van der Waals surface area (Å²) in [6.45, 7) is 0. The number of ether oxygens (including phenoxy) is 1. The van der Waals surface area contributed by atoms with Gasteiger partial charge < -0.3 is 15.8 Å². The Morgan fingerprint density at radius 3 is 2.53 bits per heavy atom. The zero-order chi connectivity index (χ0) is 13.6. The molecule has 1 aromatic rings. The summed E-state index contributed by atoms with van der Waals surface area (Å²) >= 11 is 11.9. The number of nitrogens with one attached hydrogen (secondary N) is 1. The SMILES string of the molecule is Nc1c(Cl)cc(C(=O)NC2CC3CCC2O3)cc1Cl. The maximum absolute atomic E-state index is 12.2. The van der Waals surface area contributed by atoms with Crippen molar-refractivity contribution >= 4 is 34.8 Å². The Bertz CT molecular complexity index is 512. The molecule has 0 aliphatic carbocycles. The summed E-state index contributed by atoms with van der Waals surface area (Å²) in [5, 5.41) is 3.57. The van der Waals surface area contributed by atoms with E-state index in [4.69, 9.17) is 33.7 Å². The molecule has 0 saturated carbocycles. The molecule has 102 valence electrons. The lowest BCUT2D eigenvalue weighted by Crippen LogP contribution is -2.41. The molecule has 0 aromatic heterocycles. The maximum Gasteiger partial charge on any atom is 0.251 e. The van der Waals surface area contributed by atoms with E-state index in [-0.39, 0.29) is 18.1 Å². The van der Waals surface area contributed by atoms with Gasteiger partial charge >= 0.3 is 0 Å². The molecule has 2 heterocycles. The minimum absolute atomic E-state index is 0.0846. The Labute approximate surface area is 121 Å². The van der Waals surface area contributed by atoms with E-state index >= 15 is 0 Å². The molecule has 1 amide bonds. The first-order valence-electron chi connectivity index (χ1n) is 6.25. The minimum atomic E-state index is -0.190. The van der Waals surface area contributed by atoms with E-state index in [0.29, 0.717) is 27.4 Å². The zero-order valence-electron chi connectivity index (χ0n) is 10.2. The first kappa shape index (κ1) is 13.0. The van der Waals surface area contributed by atoms with Crippen molar-refractivity contribution in [3.05, 3.63) is 27.7 Å². The van der Waals surface area contributed by atoms with Crippen LogP contribution >= 0.6 is 23.2 Å². The van der Waals surface area contributed by atoms with Crippen LogP contribution in [0.5, 0.6) is 0 Å². The fourth-order valence-corrected chi connectivity index (χ4v) is 3.24. The smallest absolute Gasteiger partial charge is 0.251 e. The maximum atomic E-state index is 12.2. The van der Waals surface area contributed by atoms with Gasteiger partial charge in [0.25, 0.3) is 5.91 Å². The molecule has 6 heteroatoms. The summed E-state index contributed by atoms with van der Waals surface area (Å²) in [5.74, 6) is -0.190. The molecule has 2 aliphatic heterocycles. The Balaban J connectivity index is 1.74. The third-order valence-electron chi connectivity index (χ3n) is 3.76. The number of carbonyl (C=O) groups excluding carboxylic acids is 1. The third kappa shape index (κ3) is 2.40. The molecule has 0 radical (unpaired) electrons. The van der Waals surface area contributed by atoms with E-state index in [1.54, 1.807) is 0 Å². The number of rotatable bonds is 2. The van der Waals surface area contributed by atoms with Crippen LogP contribution in [0.15, 0.2) is 12.1 Å². The molecular weight excluding hydrogens is 287 g/mol. The number of benzene rings is 1. The number of amides is 1. The van der Waals surface area contributed by atoms with Gasteiger partial charge in [0.2, 0.25) is 0 Å². The number of anilines is 1. The van der Waals surface area contributed by atoms with E-state index < -0.39 is 0 Å². The third-order valence-corrected chi connectivity index (χ3v) is 4.39. The lowest BCUT2D eigenvalue weighted by molar-refractivity contribution is 0.0841. The van der Waals surface area contributed by atoms with E-state index in [1.807, 2.05) is 0 Å². The van der Waals surface area contributed by atoms with Gasteiger partial charge in [-0.3, -0.25) is 4.79 Å². The van der Waals surface area contributed by atoms with Crippen molar-refractivity contribution in [2.45, 2.75) is 37.5 Å². The fourth-order valence-electron chi connectivity index (χ4n) is 2.76. The second-order valence-corrected chi connectivity index (χ2v) is 5.86. The van der Waals surface area contributed by atoms with Gasteiger partial charge in [-0.25, -0.2) is 0 Å². The van der Waals surface area contributed by atoms with Crippen LogP contribution in [0, 0.1) is 0 Å². The number of fused-ring (bicyclic) bond motifs is 2. The van der Waals surface area contributed by atoms with Crippen LogP contribution in [0.3, 0.4) is 0 Å². The molecule has 19 heavy (non-hydrogen) atoms. The highest BCUT2D eigenvalue weighted by atomic mass is 35.5. The molecular formula is C13H14Cl2N2O2. The fraction of sp³-hybridized carbons (Fsp3) is 0.462. The monoisotopic (exact) mass is 300 g/mol. The highest BCUT2D eigenvalue weighted by Gasteiger charge is 2.41. The molecule has 2 aliphatic rings. The van der Waals surface area contributed by atoms with Crippen molar-refractivity contribution in [3.8, 4) is 0 Å². The van der Waals surface area contributed by atoms with Gasteiger partial charge in [-0.15, -0.1) is 0 Å². The van der Waals surface area contributed by atoms with Gasteiger partial charge in [0, 0.05) is 5.56 Å². The highest BCUT2D eigenvalue weighted by molar-refractivity contribution is 6.39. The predicted molar refractivity (Wildman–Crippen MR) is 74.6 cm³/mol. The number of nitrogen functional groups attached to an aromatic ring is 1. The summed E-state index contributed by atoms with van der Waals surface area (Å²) in [4.78, 5) is 12.2. The van der Waals surface area contributed by atoms with Crippen LogP contribution in [0.4, 0.5) is 5.69 Å². The van der Waals surface area contributed by atoms with Gasteiger partial charge in [-0.05, 0) is 31.4 Å². The van der Waals surface area contributed by atoms with Crippen molar-refractivity contribution in [1.82, 2.24) is 5.32 Å². The first-order valence-corrected chi connectivity index (χ1v) is 7.01. The first-order chi connectivity index (χ1) is 9.04.